The standard InChI is InChI=1S/C14H16FN3OS2/c1-8(11-4-6-12(15)7-5-11)16-13(19)9(2)20-14-18-17-10(3)21-14/h4-9H,1-3H3,(H,16,19)/t8-,9-/m1/s1. The van der Waals surface area contributed by atoms with Crippen molar-refractivity contribution in [2.24, 2.45) is 0 Å². The van der Waals surface area contributed by atoms with E-state index in [1.165, 1.54) is 35.2 Å². The number of hydrogen-bond acceptors (Lipinski definition) is 5. The number of hydrogen-bond donors (Lipinski definition) is 1. The van der Waals surface area contributed by atoms with Gasteiger partial charge in [0.05, 0.1) is 11.3 Å². The molecule has 0 aliphatic heterocycles. The van der Waals surface area contributed by atoms with Gasteiger partial charge >= 0.3 is 0 Å². The third kappa shape index (κ3) is 4.50. The second-order valence-electron chi connectivity index (χ2n) is 4.63. The minimum Gasteiger partial charge on any atom is -0.349 e. The summed E-state index contributed by atoms with van der Waals surface area (Å²) in [5, 5.41) is 11.5. The summed E-state index contributed by atoms with van der Waals surface area (Å²) in [6.45, 7) is 5.58. The summed E-state index contributed by atoms with van der Waals surface area (Å²) < 4.78 is 13.7. The molecular weight excluding hydrogens is 309 g/mol. The molecule has 0 aliphatic carbocycles. The monoisotopic (exact) mass is 325 g/mol. The number of aryl methyl sites for hydroxylation is 1. The van der Waals surface area contributed by atoms with Crippen LogP contribution < -0.4 is 5.32 Å². The lowest BCUT2D eigenvalue weighted by Gasteiger charge is -2.17. The van der Waals surface area contributed by atoms with Gasteiger partial charge in [-0.1, -0.05) is 35.2 Å². The van der Waals surface area contributed by atoms with Crippen LogP contribution >= 0.6 is 23.1 Å². The molecule has 1 aromatic heterocycles. The number of rotatable bonds is 5. The number of thioether (sulfide) groups is 1. The van der Waals surface area contributed by atoms with Crippen LogP contribution in [-0.4, -0.2) is 21.4 Å². The van der Waals surface area contributed by atoms with E-state index in [0.29, 0.717) is 0 Å². The van der Waals surface area contributed by atoms with Crippen LogP contribution in [0.4, 0.5) is 4.39 Å². The third-order valence-corrected chi connectivity index (χ3v) is 4.91. The second kappa shape index (κ2) is 7.00. The van der Waals surface area contributed by atoms with Crippen LogP contribution in [-0.2, 0) is 4.79 Å². The summed E-state index contributed by atoms with van der Waals surface area (Å²) in [4.78, 5) is 12.2. The van der Waals surface area contributed by atoms with Crippen molar-refractivity contribution in [1.82, 2.24) is 15.5 Å². The number of amides is 1. The maximum Gasteiger partial charge on any atom is 0.233 e. The van der Waals surface area contributed by atoms with Crippen molar-refractivity contribution in [2.75, 3.05) is 0 Å². The first-order valence-corrected chi connectivity index (χ1v) is 8.18. The zero-order valence-electron chi connectivity index (χ0n) is 12.0. The molecule has 0 radical (unpaired) electrons. The molecule has 1 N–H and O–H groups in total. The summed E-state index contributed by atoms with van der Waals surface area (Å²) in [6.07, 6.45) is 0. The Morgan fingerprint density at radius 2 is 1.95 bits per heavy atom. The Morgan fingerprint density at radius 3 is 2.52 bits per heavy atom. The van der Waals surface area contributed by atoms with E-state index in [2.05, 4.69) is 15.5 Å². The highest BCUT2D eigenvalue weighted by Crippen LogP contribution is 2.26. The summed E-state index contributed by atoms with van der Waals surface area (Å²) in [6, 6.07) is 5.95. The molecule has 2 atom stereocenters. The Balaban J connectivity index is 1.92. The number of halogens is 1. The Hall–Kier alpha value is -1.47. The summed E-state index contributed by atoms with van der Waals surface area (Å²) in [5.41, 5.74) is 0.869. The predicted molar refractivity (Wildman–Crippen MR) is 82.9 cm³/mol. The molecule has 0 fully saturated rings. The number of aromatic nitrogens is 2. The average Bonchev–Trinajstić information content (AvgIpc) is 2.84. The predicted octanol–water partition coefficient (Wildman–Crippen LogP) is 3.34. The van der Waals surface area contributed by atoms with E-state index >= 15 is 0 Å². The molecule has 112 valence electrons. The summed E-state index contributed by atoms with van der Waals surface area (Å²) in [7, 11) is 0. The lowest BCUT2D eigenvalue weighted by molar-refractivity contribution is -0.120. The Morgan fingerprint density at radius 1 is 1.29 bits per heavy atom. The van der Waals surface area contributed by atoms with Crippen LogP contribution in [0.2, 0.25) is 0 Å². The number of benzene rings is 1. The molecule has 21 heavy (non-hydrogen) atoms. The van der Waals surface area contributed by atoms with Gasteiger partial charge in [-0.2, -0.15) is 0 Å². The highest BCUT2D eigenvalue weighted by atomic mass is 32.2. The van der Waals surface area contributed by atoms with Gasteiger partial charge in [-0.15, -0.1) is 10.2 Å². The van der Waals surface area contributed by atoms with E-state index in [0.717, 1.165) is 14.9 Å². The van der Waals surface area contributed by atoms with E-state index in [9.17, 15) is 9.18 Å². The normalized spacial score (nSPS) is 13.7. The topological polar surface area (TPSA) is 54.9 Å². The Kier molecular flexibility index (Phi) is 5.30. The van der Waals surface area contributed by atoms with Crippen LogP contribution in [0, 0.1) is 12.7 Å². The largest absolute Gasteiger partial charge is 0.349 e. The zero-order chi connectivity index (χ0) is 15.4. The lowest BCUT2D eigenvalue weighted by Crippen LogP contribution is -2.33. The highest BCUT2D eigenvalue weighted by Gasteiger charge is 2.19. The maximum atomic E-state index is 12.9. The minimum absolute atomic E-state index is 0.0790. The molecule has 0 spiro atoms. The molecule has 1 aromatic carbocycles. The average molecular weight is 325 g/mol. The molecule has 1 amide bonds. The fraction of sp³-hybridized carbons (Fsp3) is 0.357. The second-order valence-corrected chi connectivity index (χ2v) is 7.40. The summed E-state index contributed by atoms with van der Waals surface area (Å²) in [5.74, 6) is -0.363. The number of carbonyl (C=O) groups excluding carboxylic acids is 1. The van der Waals surface area contributed by atoms with E-state index in [4.69, 9.17) is 0 Å². The van der Waals surface area contributed by atoms with E-state index in [1.54, 1.807) is 12.1 Å². The van der Waals surface area contributed by atoms with Gasteiger partial charge in [-0.25, -0.2) is 4.39 Å². The first-order chi connectivity index (χ1) is 9.95. The molecule has 0 bridgehead atoms. The fourth-order valence-electron chi connectivity index (χ4n) is 1.70. The van der Waals surface area contributed by atoms with Crippen molar-refractivity contribution in [2.45, 2.75) is 36.4 Å². The third-order valence-electron chi connectivity index (χ3n) is 2.88. The molecule has 2 rings (SSSR count). The van der Waals surface area contributed by atoms with Crippen LogP contribution in [0.15, 0.2) is 28.6 Å². The van der Waals surface area contributed by atoms with Gasteiger partial charge in [0.15, 0.2) is 4.34 Å². The maximum absolute atomic E-state index is 12.9. The fourth-order valence-corrected chi connectivity index (χ4v) is 3.67. The van der Waals surface area contributed by atoms with Crippen molar-refractivity contribution < 1.29 is 9.18 Å². The molecule has 4 nitrogen and oxygen atoms in total. The van der Waals surface area contributed by atoms with Crippen LogP contribution in [0.25, 0.3) is 0 Å². The SMILES string of the molecule is Cc1nnc(S[C@H](C)C(=O)N[C@H](C)c2ccc(F)cc2)s1. The molecule has 0 unspecified atom stereocenters. The van der Waals surface area contributed by atoms with Gasteiger partial charge < -0.3 is 5.32 Å². The molecular formula is C14H16FN3OS2. The van der Waals surface area contributed by atoms with Gasteiger partial charge in [-0.3, -0.25) is 4.79 Å². The Bertz CT molecular complexity index is 615. The Labute approximate surface area is 131 Å². The van der Waals surface area contributed by atoms with Crippen molar-refractivity contribution >= 4 is 29.0 Å². The van der Waals surface area contributed by atoms with E-state index < -0.39 is 0 Å². The van der Waals surface area contributed by atoms with Crippen LogP contribution in [0.1, 0.15) is 30.5 Å². The minimum atomic E-state index is -0.284. The van der Waals surface area contributed by atoms with E-state index in [-0.39, 0.29) is 23.0 Å². The van der Waals surface area contributed by atoms with Gasteiger partial charge in [-0.05, 0) is 38.5 Å². The number of nitrogens with zero attached hydrogens (tertiary/aromatic N) is 2. The zero-order valence-corrected chi connectivity index (χ0v) is 13.6. The quantitative estimate of drug-likeness (QED) is 0.857. The molecule has 1 heterocycles. The molecule has 0 saturated heterocycles. The molecule has 0 aliphatic rings. The van der Waals surface area contributed by atoms with Gasteiger partial charge in [0, 0.05) is 0 Å². The van der Waals surface area contributed by atoms with Crippen LogP contribution in [0.3, 0.4) is 0 Å². The first-order valence-electron chi connectivity index (χ1n) is 6.48. The van der Waals surface area contributed by atoms with Crippen molar-refractivity contribution in [3.8, 4) is 0 Å². The highest BCUT2D eigenvalue weighted by molar-refractivity contribution is 8.02. The van der Waals surface area contributed by atoms with Crippen LogP contribution in [0.5, 0.6) is 0 Å². The lowest BCUT2D eigenvalue weighted by atomic mass is 10.1. The van der Waals surface area contributed by atoms with Gasteiger partial charge in [0.2, 0.25) is 5.91 Å². The molecule has 2 aromatic rings. The summed E-state index contributed by atoms with van der Waals surface area (Å²) >= 11 is 2.85. The number of carbonyl (C=O) groups is 1. The van der Waals surface area contributed by atoms with Gasteiger partial charge in [0.1, 0.15) is 10.8 Å². The van der Waals surface area contributed by atoms with Crippen molar-refractivity contribution in [3.05, 3.63) is 40.7 Å². The smallest absolute Gasteiger partial charge is 0.233 e. The van der Waals surface area contributed by atoms with Gasteiger partial charge in [0.25, 0.3) is 0 Å². The van der Waals surface area contributed by atoms with Crippen molar-refractivity contribution in [3.63, 3.8) is 0 Å². The molecule has 7 heteroatoms. The van der Waals surface area contributed by atoms with Crippen molar-refractivity contribution in [1.29, 1.82) is 0 Å². The number of nitrogens with one attached hydrogen (secondary N) is 1. The first kappa shape index (κ1) is 15.9. The van der Waals surface area contributed by atoms with E-state index in [1.807, 2.05) is 20.8 Å². The molecule has 0 saturated carbocycles.